The zero-order valence-electron chi connectivity index (χ0n) is 11.2. The molecule has 0 spiro atoms. The Morgan fingerprint density at radius 2 is 2.39 bits per heavy atom. The van der Waals surface area contributed by atoms with Crippen molar-refractivity contribution in [2.45, 2.75) is 26.0 Å². The number of morpholine rings is 1. The fourth-order valence-electron chi connectivity index (χ4n) is 2.50. The van der Waals surface area contributed by atoms with E-state index in [1.54, 1.807) is 0 Å². The second-order valence-electron chi connectivity index (χ2n) is 4.59. The van der Waals surface area contributed by atoms with Crippen molar-refractivity contribution in [3.8, 4) is 0 Å². The topological polar surface area (TPSA) is 24.5 Å². The molecule has 1 aromatic heterocycles. The SMILES string of the molecule is CCN1CCOC(CNC)C1c1cc(Br)c(C)s1. The quantitative estimate of drug-likeness (QED) is 0.917. The molecule has 2 rings (SSSR count). The van der Waals surface area contributed by atoms with Crippen LogP contribution in [0.2, 0.25) is 0 Å². The van der Waals surface area contributed by atoms with Gasteiger partial charge in [-0.1, -0.05) is 6.92 Å². The zero-order valence-corrected chi connectivity index (χ0v) is 13.6. The third-order valence-electron chi connectivity index (χ3n) is 3.44. The van der Waals surface area contributed by atoms with E-state index in [1.807, 2.05) is 18.4 Å². The molecule has 0 aliphatic carbocycles. The summed E-state index contributed by atoms with van der Waals surface area (Å²) in [5.41, 5.74) is 0. The molecule has 0 saturated carbocycles. The van der Waals surface area contributed by atoms with E-state index in [0.717, 1.165) is 26.2 Å². The minimum absolute atomic E-state index is 0.244. The van der Waals surface area contributed by atoms with Crippen molar-refractivity contribution in [3.05, 3.63) is 20.3 Å². The molecular weight excluding hydrogens is 312 g/mol. The van der Waals surface area contributed by atoms with Crippen LogP contribution in [-0.4, -0.2) is 44.3 Å². The van der Waals surface area contributed by atoms with Crippen LogP contribution in [0.1, 0.15) is 22.7 Å². The van der Waals surface area contributed by atoms with Crippen molar-refractivity contribution in [2.75, 3.05) is 33.3 Å². The van der Waals surface area contributed by atoms with Crippen molar-refractivity contribution >= 4 is 27.3 Å². The predicted molar refractivity (Wildman–Crippen MR) is 80.4 cm³/mol. The molecule has 1 fully saturated rings. The second kappa shape index (κ2) is 6.48. The highest BCUT2D eigenvalue weighted by Gasteiger charge is 2.33. The summed E-state index contributed by atoms with van der Waals surface area (Å²) in [6, 6.07) is 2.64. The summed E-state index contributed by atoms with van der Waals surface area (Å²) in [7, 11) is 1.99. The molecule has 3 nitrogen and oxygen atoms in total. The van der Waals surface area contributed by atoms with E-state index in [1.165, 1.54) is 14.2 Å². The molecule has 1 N–H and O–H groups in total. The van der Waals surface area contributed by atoms with Crippen LogP contribution in [0, 0.1) is 6.92 Å². The Labute approximate surface area is 122 Å². The van der Waals surface area contributed by atoms with Gasteiger partial charge in [-0.15, -0.1) is 11.3 Å². The summed E-state index contributed by atoms with van der Waals surface area (Å²) in [6.45, 7) is 8.21. The average molecular weight is 333 g/mol. The van der Waals surface area contributed by atoms with Gasteiger partial charge in [-0.25, -0.2) is 0 Å². The van der Waals surface area contributed by atoms with Gasteiger partial charge in [0.1, 0.15) is 0 Å². The van der Waals surface area contributed by atoms with Crippen LogP contribution in [0.15, 0.2) is 10.5 Å². The number of halogens is 1. The van der Waals surface area contributed by atoms with Crippen molar-refractivity contribution in [3.63, 3.8) is 0 Å². The lowest BCUT2D eigenvalue weighted by Gasteiger charge is -2.40. The zero-order chi connectivity index (χ0) is 13.1. The third kappa shape index (κ3) is 2.96. The predicted octanol–water partition coefficient (Wildman–Crippen LogP) is 2.80. The number of hydrogen-bond donors (Lipinski definition) is 1. The van der Waals surface area contributed by atoms with Gasteiger partial charge < -0.3 is 10.1 Å². The van der Waals surface area contributed by atoms with Gasteiger partial charge in [-0.05, 0) is 42.5 Å². The third-order valence-corrected chi connectivity index (χ3v) is 5.64. The summed E-state index contributed by atoms with van der Waals surface area (Å²) < 4.78 is 7.17. The fraction of sp³-hybridized carbons (Fsp3) is 0.692. The largest absolute Gasteiger partial charge is 0.374 e. The summed E-state index contributed by atoms with van der Waals surface area (Å²) in [5, 5.41) is 3.24. The Bertz CT molecular complexity index is 375. The molecule has 102 valence electrons. The molecule has 1 aromatic rings. The lowest BCUT2D eigenvalue weighted by atomic mass is 10.1. The van der Waals surface area contributed by atoms with Crippen LogP contribution in [0.5, 0.6) is 0 Å². The number of thiophene rings is 1. The summed E-state index contributed by atoms with van der Waals surface area (Å²) in [5.74, 6) is 0. The van der Waals surface area contributed by atoms with E-state index in [2.05, 4.69) is 46.1 Å². The molecule has 2 unspecified atom stereocenters. The summed E-state index contributed by atoms with van der Waals surface area (Å²) >= 11 is 5.49. The summed E-state index contributed by atoms with van der Waals surface area (Å²) in [4.78, 5) is 5.26. The highest BCUT2D eigenvalue weighted by Crippen LogP contribution is 2.37. The molecule has 2 heterocycles. The maximum Gasteiger partial charge on any atom is 0.0904 e. The number of ether oxygens (including phenoxy) is 1. The number of nitrogens with one attached hydrogen (secondary N) is 1. The van der Waals surface area contributed by atoms with Crippen LogP contribution in [-0.2, 0) is 4.74 Å². The van der Waals surface area contributed by atoms with E-state index < -0.39 is 0 Å². The Balaban J connectivity index is 2.27. The molecule has 18 heavy (non-hydrogen) atoms. The Hall–Kier alpha value is 0.0600. The Morgan fingerprint density at radius 3 is 2.94 bits per heavy atom. The molecule has 0 aromatic carbocycles. The lowest BCUT2D eigenvalue weighted by Crippen LogP contribution is -2.48. The first kappa shape index (κ1) is 14.5. The first-order chi connectivity index (χ1) is 8.67. The number of aryl methyl sites for hydroxylation is 1. The summed E-state index contributed by atoms with van der Waals surface area (Å²) in [6.07, 6.45) is 0.244. The molecule has 0 amide bonds. The molecule has 1 saturated heterocycles. The first-order valence-electron chi connectivity index (χ1n) is 6.43. The van der Waals surface area contributed by atoms with Crippen molar-refractivity contribution in [2.24, 2.45) is 0 Å². The minimum Gasteiger partial charge on any atom is -0.374 e. The van der Waals surface area contributed by atoms with Crippen LogP contribution < -0.4 is 5.32 Å². The van der Waals surface area contributed by atoms with Crippen LogP contribution in [0.3, 0.4) is 0 Å². The smallest absolute Gasteiger partial charge is 0.0904 e. The van der Waals surface area contributed by atoms with Crippen LogP contribution in [0.25, 0.3) is 0 Å². The van der Waals surface area contributed by atoms with Crippen LogP contribution >= 0.6 is 27.3 Å². The number of nitrogens with zero attached hydrogens (tertiary/aromatic N) is 1. The Kier molecular flexibility index (Phi) is 5.21. The lowest BCUT2D eigenvalue weighted by molar-refractivity contribution is -0.0675. The Morgan fingerprint density at radius 1 is 1.61 bits per heavy atom. The molecule has 2 atom stereocenters. The van der Waals surface area contributed by atoms with Gasteiger partial charge in [-0.2, -0.15) is 0 Å². The molecule has 0 bridgehead atoms. The molecule has 5 heteroatoms. The van der Waals surface area contributed by atoms with Crippen molar-refractivity contribution in [1.82, 2.24) is 10.2 Å². The number of rotatable bonds is 4. The highest BCUT2D eigenvalue weighted by atomic mass is 79.9. The average Bonchev–Trinajstić information content (AvgIpc) is 2.69. The monoisotopic (exact) mass is 332 g/mol. The van der Waals surface area contributed by atoms with E-state index in [-0.39, 0.29) is 6.10 Å². The van der Waals surface area contributed by atoms with Gasteiger partial charge in [0, 0.05) is 27.3 Å². The van der Waals surface area contributed by atoms with Gasteiger partial charge in [0.25, 0.3) is 0 Å². The van der Waals surface area contributed by atoms with Gasteiger partial charge in [0.15, 0.2) is 0 Å². The highest BCUT2D eigenvalue weighted by molar-refractivity contribution is 9.10. The molecule has 1 aliphatic rings. The second-order valence-corrected chi connectivity index (χ2v) is 6.74. The molecule has 0 radical (unpaired) electrons. The maximum atomic E-state index is 5.95. The standard InChI is InChI=1S/C13H21BrN2OS/c1-4-16-5-6-17-11(8-15-3)13(16)12-7-10(14)9(2)18-12/h7,11,13,15H,4-6,8H2,1-3H3. The fourth-order valence-corrected chi connectivity index (χ4v) is 4.25. The van der Waals surface area contributed by atoms with Crippen molar-refractivity contribution in [1.29, 1.82) is 0 Å². The minimum atomic E-state index is 0.244. The number of hydrogen-bond acceptors (Lipinski definition) is 4. The van der Waals surface area contributed by atoms with E-state index in [0.29, 0.717) is 6.04 Å². The van der Waals surface area contributed by atoms with Crippen molar-refractivity contribution < 1.29 is 4.74 Å². The van der Waals surface area contributed by atoms with E-state index in [4.69, 9.17) is 4.74 Å². The van der Waals surface area contributed by atoms with Gasteiger partial charge in [-0.3, -0.25) is 4.90 Å². The van der Waals surface area contributed by atoms with E-state index >= 15 is 0 Å². The normalized spacial score (nSPS) is 25.6. The maximum absolute atomic E-state index is 5.95. The van der Waals surface area contributed by atoms with E-state index in [9.17, 15) is 0 Å². The van der Waals surface area contributed by atoms with Gasteiger partial charge in [0.05, 0.1) is 18.8 Å². The number of likely N-dealkylation sites (N-methyl/N-ethyl adjacent to an activating group) is 2. The molecular formula is C13H21BrN2OS. The van der Waals surface area contributed by atoms with Gasteiger partial charge in [0.2, 0.25) is 0 Å². The van der Waals surface area contributed by atoms with Gasteiger partial charge >= 0.3 is 0 Å². The first-order valence-corrected chi connectivity index (χ1v) is 8.04. The molecule has 1 aliphatic heterocycles. The van der Waals surface area contributed by atoms with Crippen LogP contribution in [0.4, 0.5) is 0 Å².